The van der Waals surface area contributed by atoms with Gasteiger partial charge in [-0.15, -0.1) is 0 Å². The maximum absolute atomic E-state index is 12.8. The smallest absolute Gasteiger partial charge is 0.237 e. The van der Waals surface area contributed by atoms with Crippen LogP contribution >= 0.6 is 0 Å². The Morgan fingerprint density at radius 1 is 1.17 bits per heavy atom. The van der Waals surface area contributed by atoms with E-state index in [2.05, 4.69) is 27.4 Å². The molecule has 4 rings (SSSR count). The molecule has 35 heavy (non-hydrogen) atoms. The topological polar surface area (TPSA) is 101 Å². The van der Waals surface area contributed by atoms with Crippen LogP contribution in [0.15, 0.2) is 67.0 Å². The Morgan fingerprint density at radius 2 is 1.97 bits per heavy atom. The summed E-state index contributed by atoms with van der Waals surface area (Å²) in [6.07, 6.45) is 5.34. The molecule has 0 unspecified atom stereocenters. The SMILES string of the molecule is CC(C)(CN(c1ccccn1)n1cccc1-c1ccc(C#N)cc1)NCC(=O)N1CCC[C@H]1C#N. The number of carbonyl (C=O) groups is 1. The third kappa shape index (κ3) is 5.51. The zero-order valence-corrected chi connectivity index (χ0v) is 20.1. The van der Waals surface area contributed by atoms with Crippen molar-refractivity contribution in [1.82, 2.24) is 19.9 Å². The van der Waals surface area contributed by atoms with Crippen LogP contribution in [0.1, 0.15) is 32.3 Å². The molecule has 1 N–H and O–H groups in total. The molecule has 3 heterocycles. The van der Waals surface area contributed by atoms with Crippen LogP contribution in [0.3, 0.4) is 0 Å². The van der Waals surface area contributed by atoms with E-state index in [1.807, 2.05) is 79.3 Å². The highest BCUT2D eigenvalue weighted by molar-refractivity contribution is 5.79. The quantitative estimate of drug-likeness (QED) is 0.544. The van der Waals surface area contributed by atoms with Crippen molar-refractivity contribution in [2.24, 2.45) is 0 Å². The average Bonchev–Trinajstić information content (AvgIpc) is 3.56. The number of anilines is 1. The van der Waals surface area contributed by atoms with Crippen LogP contribution in [0.4, 0.5) is 5.82 Å². The number of nitrogens with zero attached hydrogens (tertiary/aromatic N) is 6. The third-order valence-corrected chi connectivity index (χ3v) is 6.20. The lowest BCUT2D eigenvalue weighted by Crippen LogP contribution is -2.54. The number of rotatable bonds is 8. The molecule has 2 aromatic heterocycles. The van der Waals surface area contributed by atoms with Crippen molar-refractivity contribution in [3.63, 3.8) is 0 Å². The zero-order valence-electron chi connectivity index (χ0n) is 20.1. The van der Waals surface area contributed by atoms with E-state index in [4.69, 9.17) is 5.26 Å². The van der Waals surface area contributed by atoms with Crippen LogP contribution in [0, 0.1) is 22.7 Å². The van der Waals surface area contributed by atoms with Gasteiger partial charge >= 0.3 is 0 Å². The van der Waals surface area contributed by atoms with Crippen LogP contribution in [0.5, 0.6) is 0 Å². The Morgan fingerprint density at radius 3 is 2.66 bits per heavy atom. The molecule has 1 fully saturated rings. The first-order chi connectivity index (χ1) is 16.9. The Kier molecular flexibility index (Phi) is 7.14. The predicted molar refractivity (Wildman–Crippen MR) is 134 cm³/mol. The number of amides is 1. The number of pyridine rings is 1. The number of nitriles is 2. The van der Waals surface area contributed by atoms with Gasteiger partial charge < -0.3 is 10.2 Å². The number of carbonyl (C=O) groups excluding carboxylic acids is 1. The van der Waals surface area contributed by atoms with Crippen molar-refractivity contribution >= 4 is 11.7 Å². The summed E-state index contributed by atoms with van der Waals surface area (Å²) in [6, 6.07) is 21.3. The lowest BCUT2D eigenvalue weighted by atomic mass is 10.1. The van der Waals surface area contributed by atoms with E-state index >= 15 is 0 Å². The lowest BCUT2D eigenvalue weighted by Gasteiger charge is -2.36. The van der Waals surface area contributed by atoms with Crippen LogP contribution in [0.2, 0.25) is 0 Å². The van der Waals surface area contributed by atoms with E-state index in [0.29, 0.717) is 18.7 Å². The minimum Gasteiger partial charge on any atom is -0.326 e. The number of hydrogen-bond acceptors (Lipinski definition) is 6. The van der Waals surface area contributed by atoms with Crippen molar-refractivity contribution in [2.75, 3.05) is 24.6 Å². The Bertz CT molecular complexity index is 1240. The van der Waals surface area contributed by atoms with Crippen molar-refractivity contribution in [1.29, 1.82) is 10.5 Å². The first kappa shape index (κ1) is 24.0. The summed E-state index contributed by atoms with van der Waals surface area (Å²) in [4.78, 5) is 19.1. The van der Waals surface area contributed by atoms with Gasteiger partial charge in [0.2, 0.25) is 5.91 Å². The van der Waals surface area contributed by atoms with E-state index < -0.39 is 5.54 Å². The largest absolute Gasteiger partial charge is 0.326 e. The van der Waals surface area contributed by atoms with Gasteiger partial charge in [0.05, 0.1) is 36.5 Å². The third-order valence-electron chi connectivity index (χ3n) is 6.20. The van der Waals surface area contributed by atoms with Gasteiger partial charge in [-0.05, 0) is 63.1 Å². The number of hydrogen-bond donors (Lipinski definition) is 1. The van der Waals surface area contributed by atoms with Crippen LogP contribution in [-0.2, 0) is 4.79 Å². The highest BCUT2D eigenvalue weighted by Crippen LogP contribution is 2.25. The zero-order chi connectivity index (χ0) is 24.8. The van der Waals surface area contributed by atoms with Crippen molar-refractivity contribution in [3.05, 3.63) is 72.6 Å². The number of likely N-dealkylation sites (tertiary alicyclic amines) is 1. The standard InChI is InChI=1S/C27H29N7O/c1-27(2,31-19-26(35)32-15-5-7-23(32)18-29)20-34(25-9-3-4-14-30-25)33-16-6-8-24(33)22-12-10-21(17-28)11-13-22/h3-4,6,8-14,16,23,31H,5,7,15,19-20H2,1-2H3/t23-/m0/s1. The van der Waals surface area contributed by atoms with E-state index in [9.17, 15) is 10.1 Å². The summed E-state index contributed by atoms with van der Waals surface area (Å²) in [6.45, 7) is 5.42. The molecule has 3 aromatic rings. The fraction of sp³-hybridized carbons (Fsp3) is 0.333. The predicted octanol–water partition coefficient (Wildman–Crippen LogP) is 3.57. The van der Waals surface area contributed by atoms with E-state index in [0.717, 1.165) is 29.9 Å². The van der Waals surface area contributed by atoms with E-state index in [-0.39, 0.29) is 18.5 Å². The first-order valence-electron chi connectivity index (χ1n) is 11.7. The second-order valence-electron chi connectivity index (χ2n) is 9.28. The van der Waals surface area contributed by atoms with Crippen molar-refractivity contribution in [2.45, 2.75) is 38.3 Å². The molecule has 1 aliphatic rings. The van der Waals surface area contributed by atoms with Gasteiger partial charge in [-0.25, -0.2) is 4.98 Å². The average molecular weight is 468 g/mol. The summed E-state index contributed by atoms with van der Waals surface area (Å²) in [5.41, 5.74) is 2.09. The van der Waals surface area contributed by atoms with Gasteiger partial charge in [-0.2, -0.15) is 10.5 Å². The van der Waals surface area contributed by atoms with Gasteiger partial charge in [0.25, 0.3) is 0 Å². The molecule has 0 spiro atoms. The monoisotopic (exact) mass is 467 g/mol. The summed E-state index contributed by atoms with van der Waals surface area (Å²) >= 11 is 0. The molecule has 1 amide bonds. The molecule has 0 aliphatic carbocycles. The number of nitrogens with one attached hydrogen (secondary N) is 1. The molecule has 8 nitrogen and oxygen atoms in total. The molecule has 1 atom stereocenters. The highest BCUT2D eigenvalue weighted by atomic mass is 16.2. The summed E-state index contributed by atoms with van der Waals surface area (Å²) in [7, 11) is 0. The summed E-state index contributed by atoms with van der Waals surface area (Å²) in [5, 5.41) is 23.9. The van der Waals surface area contributed by atoms with E-state index in [1.165, 1.54) is 0 Å². The summed E-state index contributed by atoms with van der Waals surface area (Å²) in [5.74, 6) is 0.717. The number of aromatic nitrogens is 2. The molecule has 1 aliphatic heterocycles. The first-order valence-corrected chi connectivity index (χ1v) is 11.7. The minimum absolute atomic E-state index is 0.0502. The van der Waals surface area contributed by atoms with Gasteiger partial charge in [-0.1, -0.05) is 18.2 Å². The molecule has 0 saturated carbocycles. The fourth-order valence-corrected chi connectivity index (χ4v) is 4.35. The molecule has 0 bridgehead atoms. The second-order valence-corrected chi connectivity index (χ2v) is 9.28. The molecule has 0 radical (unpaired) electrons. The lowest BCUT2D eigenvalue weighted by molar-refractivity contribution is -0.130. The van der Waals surface area contributed by atoms with Crippen molar-refractivity contribution < 1.29 is 4.79 Å². The normalized spacial score (nSPS) is 15.4. The fourth-order valence-electron chi connectivity index (χ4n) is 4.35. The second kappa shape index (κ2) is 10.4. The van der Waals surface area contributed by atoms with Crippen LogP contribution < -0.4 is 10.3 Å². The molecule has 1 saturated heterocycles. The highest BCUT2D eigenvalue weighted by Gasteiger charge is 2.30. The van der Waals surface area contributed by atoms with Gasteiger partial charge in [0, 0.05) is 30.0 Å². The maximum atomic E-state index is 12.8. The Hall–Kier alpha value is -4.14. The molecular formula is C27H29N7O. The van der Waals surface area contributed by atoms with Crippen molar-refractivity contribution in [3.8, 4) is 23.4 Å². The van der Waals surface area contributed by atoms with Gasteiger partial charge in [0.1, 0.15) is 11.9 Å². The van der Waals surface area contributed by atoms with E-state index in [1.54, 1.807) is 11.1 Å². The molecular weight excluding hydrogens is 438 g/mol. The molecule has 1 aromatic carbocycles. The molecule has 8 heteroatoms. The van der Waals surface area contributed by atoms with Crippen LogP contribution in [-0.4, -0.2) is 51.7 Å². The Labute approximate surface area is 206 Å². The molecule has 178 valence electrons. The Balaban J connectivity index is 1.57. The van der Waals surface area contributed by atoms with Crippen LogP contribution in [0.25, 0.3) is 11.3 Å². The van der Waals surface area contributed by atoms with Gasteiger partial charge in [-0.3, -0.25) is 14.5 Å². The minimum atomic E-state index is -0.457. The maximum Gasteiger partial charge on any atom is 0.237 e. The van der Waals surface area contributed by atoms with Gasteiger partial charge in [0.15, 0.2) is 0 Å². The number of benzene rings is 1. The summed E-state index contributed by atoms with van der Waals surface area (Å²) < 4.78 is 2.04.